The number of rotatable bonds is 3. The second-order valence-electron chi connectivity index (χ2n) is 4.35. The van der Waals surface area contributed by atoms with Crippen LogP contribution in [0.1, 0.15) is 9.67 Å². The topological polar surface area (TPSA) is 39.1 Å². The summed E-state index contributed by atoms with van der Waals surface area (Å²) < 4.78 is 2.38. The van der Waals surface area contributed by atoms with E-state index in [4.69, 9.17) is 11.6 Å². The SMILES string of the molecule is O=C(Cn1ccc(=O)c2ccccc21)c1ccc(Cl)s1. The third kappa shape index (κ3) is 2.40. The number of para-hydroxylation sites is 1. The van der Waals surface area contributed by atoms with E-state index in [2.05, 4.69) is 0 Å². The van der Waals surface area contributed by atoms with Gasteiger partial charge in [0, 0.05) is 17.6 Å². The number of fused-ring (bicyclic) bond motifs is 1. The molecule has 100 valence electrons. The van der Waals surface area contributed by atoms with Crippen LogP contribution in [-0.2, 0) is 6.54 Å². The minimum Gasteiger partial charge on any atom is -0.339 e. The molecule has 0 aliphatic carbocycles. The van der Waals surface area contributed by atoms with Gasteiger partial charge in [-0.15, -0.1) is 11.3 Å². The lowest BCUT2D eigenvalue weighted by Crippen LogP contribution is -2.13. The number of carbonyl (C=O) groups excluding carboxylic acids is 1. The predicted octanol–water partition coefficient (Wildman–Crippen LogP) is 3.60. The molecule has 0 unspecified atom stereocenters. The van der Waals surface area contributed by atoms with Gasteiger partial charge >= 0.3 is 0 Å². The molecule has 0 atom stereocenters. The molecule has 0 aliphatic heterocycles. The zero-order chi connectivity index (χ0) is 14.1. The smallest absolute Gasteiger partial charge is 0.192 e. The van der Waals surface area contributed by atoms with Crippen molar-refractivity contribution in [1.82, 2.24) is 4.57 Å². The van der Waals surface area contributed by atoms with E-state index >= 15 is 0 Å². The van der Waals surface area contributed by atoms with Crippen molar-refractivity contribution in [2.45, 2.75) is 6.54 Å². The highest BCUT2D eigenvalue weighted by Crippen LogP contribution is 2.22. The minimum atomic E-state index is -0.0385. The Balaban J connectivity index is 2.01. The summed E-state index contributed by atoms with van der Waals surface area (Å²) in [4.78, 5) is 24.6. The van der Waals surface area contributed by atoms with Crippen molar-refractivity contribution in [1.29, 1.82) is 0 Å². The monoisotopic (exact) mass is 303 g/mol. The van der Waals surface area contributed by atoms with E-state index in [1.807, 2.05) is 18.2 Å². The molecule has 2 aromatic heterocycles. The second-order valence-corrected chi connectivity index (χ2v) is 6.07. The van der Waals surface area contributed by atoms with Crippen LogP contribution in [0.4, 0.5) is 0 Å². The fourth-order valence-electron chi connectivity index (χ4n) is 2.09. The first kappa shape index (κ1) is 13.1. The highest BCUT2D eigenvalue weighted by atomic mass is 35.5. The number of thiophene rings is 1. The first-order chi connectivity index (χ1) is 9.65. The Hall–Kier alpha value is -1.91. The third-order valence-corrected chi connectivity index (χ3v) is 4.32. The van der Waals surface area contributed by atoms with Crippen LogP contribution in [-0.4, -0.2) is 10.4 Å². The van der Waals surface area contributed by atoms with Crippen LogP contribution in [0.3, 0.4) is 0 Å². The average molecular weight is 304 g/mol. The van der Waals surface area contributed by atoms with Gasteiger partial charge in [0.1, 0.15) is 0 Å². The second kappa shape index (κ2) is 5.23. The summed E-state index contributed by atoms with van der Waals surface area (Å²) in [6.07, 6.45) is 1.65. The van der Waals surface area contributed by atoms with Gasteiger partial charge in [0.05, 0.1) is 21.3 Å². The van der Waals surface area contributed by atoms with Crippen molar-refractivity contribution in [3.63, 3.8) is 0 Å². The molecule has 0 aliphatic rings. The number of pyridine rings is 1. The van der Waals surface area contributed by atoms with Crippen LogP contribution in [0, 0.1) is 0 Å². The number of hydrogen-bond acceptors (Lipinski definition) is 3. The number of hydrogen-bond donors (Lipinski definition) is 0. The molecule has 0 saturated heterocycles. The number of carbonyl (C=O) groups is 1. The van der Waals surface area contributed by atoms with Gasteiger partial charge in [-0.3, -0.25) is 9.59 Å². The molecular formula is C15H10ClNO2S. The van der Waals surface area contributed by atoms with Gasteiger partial charge in [-0.2, -0.15) is 0 Å². The van der Waals surface area contributed by atoms with Crippen LogP contribution in [0.5, 0.6) is 0 Å². The Morgan fingerprint density at radius 2 is 1.95 bits per heavy atom. The zero-order valence-electron chi connectivity index (χ0n) is 10.4. The molecule has 0 radical (unpaired) electrons. The number of ketones is 1. The molecule has 5 heteroatoms. The summed E-state index contributed by atoms with van der Waals surface area (Å²) in [5.74, 6) is -0.0179. The molecule has 0 N–H and O–H groups in total. The number of Topliss-reactive ketones (excluding diaryl/α,β-unsaturated/α-hetero) is 1. The van der Waals surface area contributed by atoms with Crippen LogP contribution >= 0.6 is 22.9 Å². The first-order valence-electron chi connectivity index (χ1n) is 6.02. The summed E-state index contributed by atoms with van der Waals surface area (Å²) in [7, 11) is 0. The van der Waals surface area contributed by atoms with E-state index in [-0.39, 0.29) is 17.8 Å². The number of benzene rings is 1. The molecule has 3 rings (SSSR count). The molecule has 0 saturated carbocycles. The predicted molar refractivity (Wildman–Crippen MR) is 81.9 cm³/mol. The Morgan fingerprint density at radius 1 is 1.15 bits per heavy atom. The lowest BCUT2D eigenvalue weighted by molar-refractivity contribution is 0.0977. The molecule has 0 fully saturated rings. The van der Waals surface area contributed by atoms with Gasteiger partial charge in [0.15, 0.2) is 11.2 Å². The molecule has 3 nitrogen and oxygen atoms in total. The molecule has 0 bridgehead atoms. The van der Waals surface area contributed by atoms with E-state index in [0.717, 1.165) is 5.52 Å². The minimum absolute atomic E-state index is 0.0179. The van der Waals surface area contributed by atoms with E-state index < -0.39 is 0 Å². The van der Waals surface area contributed by atoms with Crippen LogP contribution in [0.25, 0.3) is 10.9 Å². The van der Waals surface area contributed by atoms with Crippen molar-refractivity contribution in [3.05, 3.63) is 68.1 Å². The van der Waals surface area contributed by atoms with Gasteiger partial charge in [0.25, 0.3) is 0 Å². The highest BCUT2D eigenvalue weighted by molar-refractivity contribution is 7.18. The molecule has 3 aromatic rings. The standard InChI is InChI=1S/C15H10ClNO2S/c16-15-6-5-14(20-15)13(19)9-17-8-7-12(18)10-3-1-2-4-11(10)17/h1-8H,9H2. The van der Waals surface area contributed by atoms with Gasteiger partial charge in [-0.25, -0.2) is 0 Å². The summed E-state index contributed by atoms with van der Waals surface area (Å²) >= 11 is 7.11. The average Bonchev–Trinajstić information content (AvgIpc) is 2.89. The summed E-state index contributed by atoms with van der Waals surface area (Å²) in [5.41, 5.74) is 0.722. The van der Waals surface area contributed by atoms with E-state index in [1.54, 1.807) is 29.0 Å². The molecule has 0 amide bonds. The maximum absolute atomic E-state index is 12.2. The third-order valence-electron chi connectivity index (χ3n) is 3.05. The molecule has 0 spiro atoms. The maximum atomic E-state index is 12.2. The van der Waals surface area contributed by atoms with E-state index in [1.165, 1.54) is 17.4 Å². The Kier molecular flexibility index (Phi) is 3.42. The normalized spacial score (nSPS) is 10.8. The Labute approximate surface area is 124 Å². The Morgan fingerprint density at radius 3 is 2.70 bits per heavy atom. The number of nitrogens with zero attached hydrogens (tertiary/aromatic N) is 1. The quantitative estimate of drug-likeness (QED) is 0.694. The lowest BCUT2D eigenvalue weighted by Gasteiger charge is -2.08. The van der Waals surface area contributed by atoms with Gasteiger partial charge in [-0.1, -0.05) is 23.7 Å². The van der Waals surface area contributed by atoms with E-state index in [0.29, 0.717) is 14.6 Å². The van der Waals surface area contributed by atoms with Crippen molar-refractivity contribution in [2.75, 3.05) is 0 Å². The molecule has 20 heavy (non-hydrogen) atoms. The Bertz CT molecular complexity index is 850. The van der Waals surface area contributed by atoms with E-state index in [9.17, 15) is 9.59 Å². The van der Waals surface area contributed by atoms with Crippen molar-refractivity contribution >= 4 is 39.6 Å². The van der Waals surface area contributed by atoms with Gasteiger partial charge < -0.3 is 4.57 Å². The summed E-state index contributed by atoms with van der Waals surface area (Å²) in [5, 5.41) is 0.618. The highest BCUT2D eigenvalue weighted by Gasteiger charge is 2.11. The molecular weight excluding hydrogens is 294 g/mol. The van der Waals surface area contributed by atoms with Crippen molar-refractivity contribution < 1.29 is 4.79 Å². The zero-order valence-corrected chi connectivity index (χ0v) is 11.9. The fourth-order valence-corrected chi connectivity index (χ4v) is 3.07. The summed E-state index contributed by atoms with van der Waals surface area (Å²) in [6.45, 7) is 0.192. The number of halogens is 1. The number of aromatic nitrogens is 1. The van der Waals surface area contributed by atoms with Crippen LogP contribution in [0.2, 0.25) is 4.34 Å². The first-order valence-corrected chi connectivity index (χ1v) is 7.21. The molecule has 1 aromatic carbocycles. The lowest BCUT2D eigenvalue weighted by atomic mass is 10.2. The van der Waals surface area contributed by atoms with Crippen molar-refractivity contribution in [3.8, 4) is 0 Å². The summed E-state index contributed by atoms with van der Waals surface area (Å²) in [6, 6.07) is 12.2. The van der Waals surface area contributed by atoms with Gasteiger partial charge in [0.2, 0.25) is 0 Å². The largest absolute Gasteiger partial charge is 0.339 e. The maximum Gasteiger partial charge on any atom is 0.192 e. The van der Waals surface area contributed by atoms with Crippen molar-refractivity contribution in [2.24, 2.45) is 0 Å². The van der Waals surface area contributed by atoms with Gasteiger partial charge in [-0.05, 0) is 24.3 Å². The fraction of sp³-hybridized carbons (Fsp3) is 0.0667. The molecule has 2 heterocycles. The van der Waals surface area contributed by atoms with Crippen LogP contribution < -0.4 is 5.43 Å². The van der Waals surface area contributed by atoms with Crippen LogP contribution in [0.15, 0.2) is 53.5 Å².